The summed E-state index contributed by atoms with van der Waals surface area (Å²) in [6.45, 7) is 0. The predicted octanol–water partition coefficient (Wildman–Crippen LogP) is 2.15. The highest BCUT2D eigenvalue weighted by atomic mass is 16.5. The molecule has 2 heterocycles. The highest BCUT2D eigenvalue weighted by Crippen LogP contribution is 2.52. The molecule has 1 fully saturated rings. The number of hydrogen-bond acceptors (Lipinski definition) is 4. The Hall–Kier alpha value is -2.66. The van der Waals surface area contributed by atoms with E-state index >= 15 is 0 Å². The molecule has 2 aliphatic rings. The fourth-order valence-electron chi connectivity index (χ4n) is 3.99. The normalized spacial score (nSPS) is 27.8. The lowest BCUT2D eigenvalue weighted by atomic mass is 9.72. The number of benzene rings is 2. The van der Waals surface area contributed by atoms with Crippen molar-refractivity contribution >= 4 is 17.6 Å². The lowest BCUT2D eigenvalue weighted by molar-refractivity contribution is -0.142. The van der Waals surface area contributed by atoms with Crippen LogP contribution in [-0.2, 0) is 19.7 Å². The third kappa shape index (κ3) is 1.98. The van der Waals surface area contributed by atoms with Crippen LogP contribution in [0.4, 0.5) is 5.69 Å². The van der Waals surface area contributed by atoms with E-state index in [2.05, 4.69) is 10.6 Å². The number of carbonyl (C=O) groups is 2. The Morgan fingerprint density at radius 3 is 2.58 bits per heavy atom. The summed E-state index contributed by atoms with van der Waals surface area (Å²) in [6.07, 6.45) is 0.377. The molecule has 122 valence electrons. The van der Waals surface area contributed by atoms with Crippen molar-refractivity contribution in [1.29, 1.82) is 0 Å². The van der Waals surface area contributed by atoms with Crippen molar-refractivity contribution in [3.05, 3.63) is 65.7 Å². The summed E-state index contributed by atoms with van der Waals surface area (Å²) in [5.74, 6) is -0.415. The summed E-state index contributed by atoms with van der Waals surface area (Å²) >= 11 is 0. The number of carbonyl (C=O) groups excluding carboxylic acids is 2. The first-order valence-corrected chi connectivity index (χ1v) is 7.96. The molecule has 0 unspecified atom stereocenters. The molecule has 1 amide bonds. The molecule has 4 rings (SSSR count). The van der Waals surface area contributed by atoms with Gasteiger partial charge < -0.3 is 10.1 Å². The van der Waals surface area contributed by atoms with Crippen LogP contribution < -0.4 is 10.6 Å². The molecule has 0 saturated carbocycles. The number of nitrogens with one attached hydrogen (secondary N) is 2. The fraction of sp³-hybridized carbons (Fsp3) is 0.263. The van der Waals surface area contributed by atoms with E-state index in [-0.39, 0.29) is 17.9 Å². The number of fused-ring (bicyclic) bond motifs is 2. The Bertz CT molecular complexity index is 805. The van der Waals surface area contributed by atoms with Crippen LogP contribution >= 0.6 is 0 Å². The van der Waals surface area contributed by atoms with Crippen molar-refractivity contribution in [2.45, 2.75) is 23.9 Å². The van der Waals surface area contributed by atoms with Gasteiger partial charge in [-0.3, -0.25) is 14.9 Å². The predicted molar refractivity (Wildman–Crippen MR) is 89.5 cm³/mol. The first-order valence-electron chi connectivity index (χ1n) is 7.96. The minimum Gasteiger partial charge on any atom is -0.468 e. The Kier molecular flexibility index (Phi) is 3.39. The molecule has 2 aliphatic heterocycles. The molecule has 0 bridgehead atoms. The van der Waals surface area contributed by atoms with Gasteiger partial charge in [0.1, 0.15) is 6.04 Å². The molecule has 1 saturated heterocycles. The number of amides is 1. The monoisotopic (exact) mass is 322 g/mol. The summed E-state index contributed by atoms with van der Waals surface area (Å²) in [5.41, 5.74) is 1.92. The summed E-state index contributed by atoms with van der Waals surface area (Å²) in [7, 11) is 1.37. The molecule has 3 atom stereocenters. The number of methoxy groups -OCH3 is 1. The van der Waals surface area contributed by atoms with E-state index in [0.29, 0.717) is 6.42 Å². The number of ether oxygens (including phenoxy) is 1. The third-order valence-electron chi connectivity index (χ3n) is 5.07. The van der Waals surface area contributed by atoms with Gasteiger partial charge in [-0.1, -0.05) is 48.5 Å². The molecule has 1 spiro atoms. The minimum absolute atomic E-state index is 0.0727. The smallest absolute Gasteiger partial charge is 0.322 e. The summed E-state index contributed by atoms with van der Waals surface area (Å²) in [4.78, 5) is 25.1. The number of para-hydroxylation sites is 1. The topological polar surface area (TPSA) is 67.4 Å². The first kappa shape index (κ1) is 14.9. The minimum atomic E-state index is -0.809. The fourth-order valence-corrected chi connectivity index (χ4v) is 3.99. The number of rotatable bonds is 2. The van der Waals surface area contributed by atoms with E-state index in [4.69, 9.17) is 4.74 Å². The second-order valence-corrected chi connectivity index (χ2v) is 6.26. The van der Waals surface area contributed by atoms with E-state index in [0.717, 1.165) is 16.8 Å². The molecule has 5 nitrogen and oxygen atoms in total. The first-order chi connectivity index (χ1) is 11.7. The van der Waals surface area contributed by atoms with E-state index in [1.54, 1.807) is 0 Å². The zero-order valence-electron chi connectivity index (χ0n) is 13.3. The lowest BCUT2D eigenvalue weighted by Gasteiger charge is -2.29. The average Bonchev–Trinajstić information content (AvgIpc) is 3.16. The van der Waals surface area contributed by atoms with Crippen LogP contribution in [0.15, 0.2) is 54.6 Å². The molecule has 0 radical (unpaired) electrons. The largest absolute Gasteiger partial charge is 0.468 e. The van der Waals surface area contributed by atoms with Crippen molar-refractivity contribution in [3.63, 3.8) is 0 Å². The number of hydrogen-bond donors (Lipinski definition) is 2. The summed E-state index contributed by atoms with van der Waals surface area (Å²) in [6, 6.07) is 16.7. The molecule has 5 heteroatoms. The van der Waals surface area contributed by atoms with E-state index in [1.807, 2.05) is 54.6 Å². The van der Waals surface area contributed by atoms with E-state index in [9.17, 15) is 9.59 Å². The van der Waals surface area contributed by atoms with E-state index in [1.165, 1.54) is 7.11 Å². The van der Waals surface area contributed by atoms with Crippen LogP contribution in [0.3, 0.4) is 0 Å². The Labute approximate surface area is 140 Å². The second kappa shape index (κ2) is 5.46. The van der Waals surface area contributed by atoms with Crippen LogP contribution in [0.2, 0.25) is 0 Å². The van der Waals surface area contributed by atoms with Crippen molar-refractivity contribution in [2.24, 2.45) is 0 Å². The molecular weight excluding hydrogens is 304 g/mol. The van der Waals surface area contributed by atoms with Gasteiger partial charge in [0.2, 0.25) is 5.91 Å². The van der Waals surface area contributed by atoms with Crippen LogP contribution in [0.1, 0.15) is 23.6 Å². The molecule has 24 heavy (non-hydrogen) atoms. The molecule has 0 aliphatic carbocycles. The van der Waals surface area contributed by atoms with Gasteiger partial charge in [0.05, 0.1) is 18.6 Å². The van der Waals surface area contributed by atoms with Crippen LogP contribution in [0.5, 0.6) is 0 Å². The standard InChI is InChI=1S/C19H18N2O3/c1-24-17(22)15-11-19(16(20-15)12-7-3-2-4-8-12)13-9-5-6-10-14(13)21-18(19)23/h2-10,15-16,20H,11H2,1H3,(H,21,23)/t15-,16+,19+/m1/s1. The highest BCUT2D eigenvalue weighted by molar-refractivity contribution is 6.08. The van der Waals surface area contributed by atoms with Gasteiger partial charge in [0, 0.05) is 5.69 Å². The molecule has 2 aromatic carbocycles. The van der Waals surface area contributed by atoms with Crippen molar-refractivity contribution < 1.29 is 14.3 Å². The molecule has 2 aromatic rings. The maximum absolute atomic E-state index is 13.0. The molecule has 0 aromatic heterocycles. The van der Waals surface area contributed by atoms with Gasteiger partial charge in [-0.05, 0) is 23.6 Å². The van der Waals surface area contributed by atoms with Crippen molar-refractivity contribution in [2.75, 3.05) is 12.4 Å². The third-order valence-corrected chi connectivity index (χ3v) is 5.07. The quantitative estimate of drug-likeness (QED) is 0.832. The number of anilines is 1. The van der Waals surface area contributed by atoms with Crippen LogP contribution in [-0.4, -0.2) is 25.0 Å². The number of esters is 1. The van der Waals surface area contributed by atoms with Crippen LogP contribution in [0.25, 0.3) is 0 Å². The van der Waals surface area contributed by atoms with E-state index < -0.39 is 11.5 Å². The van der Waals surface area contributed by atoms with Gasteiger partial charge in [-0.15, -0.1) is 0 Å². The van der Waals surface area contributed by atoms with Gasteiger partial charge >= 0.3 is 5.97 Å². The Morgan fingerprint density at radius 2 is 1.83 bits per heavy atom. The maximum atomic E-state index is 13.0. The van der Waals surface area contributed by atoms with Gasteiger partial charge in [-0.2, -0.15) is 0 Å². The highest BCUT2D eigenvalue weighted by Gasteiger charge is 2.59. The van der Waals surface area contributed by atoms with Gasteiger partial charge in [0.15, 0.2) is 0 Å². The van der Waals surface area contributed by atoms with Crippen molar-refractivity contribution in [1.82, 2.24) is 5.32 Å². The van der Waals surface area contributed by atoms with Gasteiger partial charge in [0.25, 0.3) is 0 Å². The summed E-state index contributed by atoms with van der Waals surface area (Å²) in [5, 5.41) is 6.30. The molecule has 2 N–H and O–H groups in total. The lowest BCUT2D eigenvalue weighted by Crippen LogP contribution is -2.39. The zero-order chi connectivity index (χ0) is 16.7. The second-order valence-electron chi connectivity index (χ2n) is 6.26. The van der Waals surface area contributed by atoms with Crippen molar-refractivity contribution in [3.8, 4) is 0 Å². The zero-order valence-corrected chi connectivity index (χ0v) is 13.3. The SMILES string of the molecule is COC(=O)[C@H]1C[C@@]2(C(=O)Nc3ccccc32)[C@H](c2ccccc2)N1. The maximum Gasteiger partial charge on any atom is 0.322 e. The van der Waals surface area contributed by atoms with Crippen LogP contribution in [0, 0.1) is 0 Å². The Balaban J connectivity index is 1.87. The summed E-state index contributed by atoms with van der Waals surface area (Å²) < 4.78 is 4.91. The Morgan fingerprint density at radius 1 is 1.12 bits per heavy atom. The molecular formula is C19H18N2O3. The average molecular weight is 322 g/mol. The van der Waals surface area contributed by atoms with Gasteiger partial charge in [-0.25, -0.2) is 0 Å².